The van der Waals surface area contributed by atoms with Crippen LogP contribution in [0.5, 0.6) is 0 Å². The maximum absolute atomic E-state index is 4.94. The number of anilines is 1. The molecule has 3 rings (SSSR count). The first-order valence-corrected chi connectivity index (χ1v) is 8.49. The molecule has 1 heterocycles. The number of nitrogens with zero attached hydrogens (tertiary/aromatic N) is 4. The fourth-order valence-electron chi connectivity index (χ4n) is 2.63. The predicted octanol–water partition coefficient (Wildman–Crippen LogP) is 3.81. The number of benzene rings is 2. The van der Waals surface area contributed by atoms with Crippen LogP contribution in [0.2, 0.25) is 0 Å². The SMILES string of the molecule is CN(C)CCN(C)c1cnc(-c2ccccc2)c(-c2ccccc2)n1. The van der Waals surface area contributed by atoms with Gasteiger partial charge in [0.2, 0.25) is 0 Å². The maximum Gasteiger partial charge on any atom is 0.147 e. The van der Waals surface area contributed by atoms with Crippen molar-refractivity contribution >= 4 is 5.82 Å². The monoisotopic (exact) mass is 332 g/mol. The Kier molecular flexibility index (Phi) is 5.41. The number of rotatable bonds is 6. The van der Waals surface area contributed by atoms with E-state index in [2.05, 4.69) is 55.2 Å². The van der Waals surface area contributed by atoms with Crippen molar-refractivity contribution in [2.75, 3.05) is 39.1 Å². The van der Waals surface area contributed by atoms with Gasteiger partial charge in [-0.1, -0.05) is 60.7 Å². The van der Waals surface area contributed by atoms with Crippen LogP contribution < -0.4 is 4.90 Å². The first-order chi connectivity index (χ1) is 12.1. The molecular formula is C21H24N4. The molecule has 4 heteroatoms. The van der Waals surface area contributed by atoms with Crippen molar-refractivity contribution in [2.45, 2.75) is 0 Å². The van der Waals surface area contributed by atoms with E-state index in [4.69, 9.17) is 9.97 Å². The van der Waals surface area contributed by atoms with Crippen molar-refractivity contribution in [1.82, 2.24) is 14.9 Å². The summed E-state index contributed by atoms with van der Waals surface area (Å²) in [5.41, 5.74) is 3.99. The molecule has 2 aromatic carbocycles. The Balaban J connectivity index is 2.02. The molecule has 0 fully saturated rings. The zero-order valence-electron chi connectivity index (χ0n) is 15.1. The summed E-state index contributed by atoms with van der Waals surface area (Å²) in [7, 11) is 6.21. The summed E-state index contributed by atoms with van der Waals surface area (Å²) in [6.45, 7) is 1.87. The van der Waals surface area contributed by atoms with Crippen LogP contribution in [-0.2, 0) is 0 Å². The Morgan fingerprint density at radius 3 is 1.84 bits per heavy atom. The molecule has 0 atom stereocenters. The first kappa shape index (κ1) is 17.1. The summed E-state index contributed by atoms with van der Waals surface area (Å²) < 4.78 is 0. The second-order valence-corrected chi connectivity index (χ2v) is 6.38. The smallest absolute Gasteiger partial charge is 0.147 e. The minimum absolute atomic E-state index is 0.889. The van der Waals surface area contributed by atoms with E-state index in [1.54, 1.807) is 0 Å². The van der Waals surface area contributed by atoms with Crippen LogP contribution in [0.4, 0.5) is 5.82 Å². The standard InChI is InChI=1S/C21H24N4/c1-24(2)14-15-25(3)19-16-22-20(17-10-6-4-7-11-17)21(23-19)18-12-8-5-9-13-18/h4-13,16H,14-15H2,1-3H3. The predicted molar refractivity (Wildman–Crippen MR) is 105 cm³/mol. The number of hydrogen-bond donors (Lipinski definition) is 0. The van der Waals surface area contributed by atoms with Crippen LogP contribution >= 0.6 is 0 Å². The molecule has 0 bridgehead atoms. The highest BCUT2D eigenvalue weighted by molar-refractivity contribution is 5.78. The number of hydrogen-bond acceptors (Lipinski definition) is 4. The van der Waals surface area contributed by atoms with E-state index in [1.165, 1.54) is 0 Å². The van der Waals surface area contributed by atoms with Crippen molar-refractivity contribution in [3.05, 3.63) is 66.9 Å². The van der Waals surface area contributed by atoms with Gasteiger partial charge in [-0.25, -0.2) is 4.98 Å². The average Bonchev–Trinajstić information content (AvgIpc) is 2.67. The average molecular weight is 332 g/mol. The van der Waals surface area contributed by atoms with E-state index in [0.717, 1.165) is 41.4 Å². The molecule has 4 nitrogen and oxygen atoms in total. The lowest BCUT2D eigenvalue weighted by Crippen LogP contribution is -2.29. The van der Waals surface area contributed by atoms with Crippen LogP contribution in [0.15, 0.2) is 66.9 Å². The number of likely N-dealkylation sites (N-methyl/N-ethyl adjacent to an activating group) is 2. The van der Waals surface area contributed by atoms with E-state index < -0.39 is 0 Å². The summed E-state index contributed by atoms with van der Waals surface area (Å²) in [6, 6.07) is 20.5. The third-order valence-electron chi connectivity index (χ3n) is 4.13. The molecule has 128 valence electrons. The van der Waals surface area contributed by atoms with Crippen LogP contribution in [-0.4, -0.2) is 49.1 Å². The Labute approximate surface area is 149 Å². The van der Waals surface area contributed by atoms with Crippen molar-refractivity contribution in [3.63, 3.8) is 0 Å². The molecule has 0 spiro atoms. The third kappa shape index (κ3) is 4.22. The van der Waals surface area contributed by atoms with Crippen molar-refractivity contribution < 1.29 is 0 Å². The topological polar surface area (TPSA) is 32.3 Å². The summed E-state index contributed by atoms with van der Waals surface area (Å²) >= 11 is 0. The Bertz CT molecular complexity index is 801. The van der Waals surface area contributed by atoms with Gasteiger partial charge in [-0.2, -0.15) is 0 Å². The molecule has 0 aliphatic rings. The van der Waals surface area contributed by atoms with Crippen molar-refractivity contribution in [1.29, 1.82) is 0 Å². The van der Waals surface area contributed by atoms with Gasteiger partial charge in [0.1, 0.15) is 5.82 Å². The summed E-state index contributed by atoms with van der Waals surface area (Å²) in [4.78, 5) is 14.0. The summed E-state index contributed by atoms with van der Waals surface area (Å²) in [5, 5.41) is 0. The van der Waals surface area contributed by atoms with E-state index in [9.17, 15) is 0 Å². The van der Waals surface area contributed by atoms with E-state index >= 15 is 0 Å². The van der Waals surface area contributed by atoms with Gasteiger partial charge in [0.15, 0.2) is 0 Å². The molecule has 1 aromatic heterocycles. The Hall–Kier alpha value is -2.72. The minimum Gasteiger partial charge on any atom is -0.357 e. The van der Waals surface area contributed by atoms with E-state index in [1.807, 2.05) is 42.6 Å². The van der Waals surface area contributed by atoms with Crippen LogP contribution in [0.1, 0.15) is 0 Å². The molecule has 0 aliphatic heterocycles. The van der Waals surface area contributed by atoms with Crippen LogP contribution in [0.25, 0.3) is 22.5 Å². The molecule has 0 radical (unpaired) electrons. The zero-order valence-corrected chi connectivity index (χ0v) is 15.1. The molecule has 25 heavy (non-hydrogen) atoms. The van der Waals surface area contributed by atoms with Gasteiger partial charge in [0, 0.05) is 31.3 Å². The minimum atomic E-state index is 0.889. The van der Waals surface area contributed by atoms with Gasteiger partial charge in [-0.3, -0.25) is 4.98 Å². The Morgan fingerprint density at radius 2 is 1.28 bits per heavy atom. The Morgan fingerprint density at radius 1 is 0.720 bits per heavy atom. The lowest BCUT2D eigenvalue weighted by atomic mass is 10.0. The van der Waals surface area contributed by atoms with Crippen LogP contribution in [0, 0.1) is 0 Å². The molecule has 0 N–H and O–H groups in total. The van der Waals surface area contributed by atoms with Gasteiger partial charge in [-0.05, 0) is 14.1 Å². The first-order valence-electron chi connectivity index (χ1n) is 8.49. The molecule has 3 aromatic rings. The zero-order chi connectivity index (χ0) is 17.6. The molecule has 0 unspecified atom stereocenters. The normalized spacial score (nSPS) is 10.9. The maximum atomic E-state index is 4.94. The van der Waals surface area contributed by atoms with Crippen LogP contribution in [0.3, 0.4) is 0 Å². The second-order valence-electron chi connectivity index (χ2n) is 6.38. The summed E-state index contributed by atoms with van der Waals surface area (Å²) in [6.07, 6.45) is 1.87. The molecular weight excluding hydrogens is 308 g/mol. The van der Waals surface area contributed by atoms with Crippen molar-refractivity contribution in [2.24, 2.45) is 0 Å². The summed E-state index contributed by atoms with van der Waals surface area (Å²) in [5.74, 6) is 0.889. The van der Waals surface area contributed by atoms with Gasteiger partial charge in [-0.15, -0.1) is 0 Å². The highest BCUT2D eigenvalue weighted by Crippen LogP contribution is 2.30. The quantitative estimate of drug-likeness (QED) is 0.687. The largest absolute Gasteiger partial charge is 0.357 e. The highest BCUT2D eigenvalue weighted by atomic mass is 15.2. The lowest BCUT2D eigenvalue weighted by Gasteiger charge is -2.21. The van der Waals surface area contributed by atoms with Gasteiger partial charge in [0.05, 0.1) is 17.6 Å². The molecule has 0 aliphatic carbocycles. The second kappa shape index (κ2) is 7.90. The van der Waals surface area contributed by atoms with Gasteiger partial charge >= 0.3 is 0 Å². The number of aromatic nitrogens is 2. The van der Waals surface area contributed by atoms with E-state index in [-0.39, 0.29) is 0 Å². The fraction of sp³-hybridized carbons (Fsp3) is 0.238. The van der Waals surface area contributed by atoms with E-state index in [0.29, 0.717) is 0 Å². The van der Waals surface area contributed by atoms with Gasteiger partial charge < -0.3 is 9.80 Å². The van der Waals surface area contributed by atoms with Gasteiger partial charge in [0.25, 0.3) is 0 Å². The lowest BCUT2D eigenvalue weighted by molar-refractivity contribution is 0.416. The highest BCUT2D eigenvalue weighted by Gasteiger charge is 2.13. The molecule has 0 amide bonds. The van der Waals surface area contributed by atoms with Crippen molar-refractivity contribution in [3.8, 4) is 22.5 Å². The third-order valence-corrected chi connectivity index (χ3v) is 4.13. The fourth-order valence-corrected chi connectivity index (χ4v) is 2.63. The molecule has 0 saturated carbocycles. The molecule has 0 saturated heterocycles.